The third-order valence-electron chi connectivity index (χ3n) is 2.12. The van der Waals surface area contributed by atoms with Crippen molar-refractivity contribution in [1.29, 1.82) is 0 Å². The van der Waals surface area contributed by atoms with Crippen LogP contribution in [0.5, 0.6) is 0 Å². The van der Waals surface area contributed by atoms with Crippen LogP contribution >= 0.6 is 27.5 Å². The molecule has 0 aliphatic rings. The average Bonchev–Trinajstić information content (AvgIpc) is 2.65. The molecule has 2 aromatic rings. The van der Waals surface area contributed by atoms with Crippen LogP contribution in [-0.4, -0.2) is 26.7 Å². The molecule has 0 fully saturated rings. The molecule has 0 unspecified atom stereocenters. The Morgan fingerprint density at radius 3 is 2.88 bits per heavy atom. The van der Waals surface area contributed by atoms with Crippen LogP contribution in [0.4, 0.5) is 4.39 Å². The van der Waals surface area contributed by atoms with Crippen molar-refractivity contribution in [1.82, 2.24) is 15.0 Å². The molecule has 0 aliphatic heterocycles. The first-order chi connectivity index (χ1) is 8.11. The lowest BCUT2D eigenvalue weighted by Crippen LogP contribution is -1.98. The van der Waals surface area contributed by atoms with Gasteiger partial charge in [0.15, 0.2) is 0 Å². The fourth-order valence-electron chi connectivity index (χ4n) is 1.39. The molecule has 0 atom stereocenters. The van der Waals surface area contributed by atoms with Crippen LogP contribution in [0.25, 0.3) is 5.69 Å². The minimum atomic E-state index is -0.429. The Hall–Kier alpha value is -0.980. The number of aliphatic hydroxyl groups excluding tert-OH is 1. The zero-order valence-corrected chi connectivity index (χ0v) is 10.9. The highest BCUT2D eigenvalue weighted by Crippen LogP contribution is 2.29. The van der Waals surface area contributed by atoms with Crippen LogP contribution in [0.3, 0.4) is 0 Å². The lowest BCUT2D eigenvalue weighted by atomic mass is 10.3. The van der Waals surface area contributed by atoms with Gasteiger partial charge >= 0.3 is 0 Å². The molecule has 1 N–H and O–H groups in total. The van der Waals surface area contributed by atoms with E-state index in [0.29, 0.717) is 22.3 Å². The summed E-state index contributed by atoms with van der Waals surface area (Å²) in [5, 5.41) is 16.8. The predicted octanol–water partition coefficient (Wildman–Crippen LogP) is 2.36. The Balaban J connectivity index is 2.45. The van der Waals surface area contributed by atoms with E-state index in [0.717, 1.165) is 0 Å². The maximum absolute atomic E-state index is 13.1. The van der Waals surface area contributed by atoms with E-state index in [1.165, 1.54) is 16.8 Å². The van der Waals surface area contributed by atoms with Crippen molar-refractivity contribution in [2.75, 3.05) is 6.61 Å². The highest BCUT2D eigenvalue weighted by molar-refractivity contribution is 9.10. The second-order valence-corrected chi connectivity index (χ2v) is 4.61. The Bertz CT molecular complexity index is 523. The number of nitrogens with zero attached hydrogens (tertiary/aromatic N) is 3. The largest absolute Gasteiger partial charge is 0.396 e. The van der Waals surface area contributed by atoms with Crippen molar-refractivity contribution in [3.05, 3.63) is 39.3 Å². The van der Waals surface area contributed by atoms with Gasteiger partial charge in [0.05, 0.1) is 22.6 Å². The number of aliphatic hydroxyl groups is 1. The second-order valence-electron chi connectivity index (χ2n) is 3.35. The highest BCUT2D eigenvalue weighted by Gasteiger charge is 2.12. The molecule has 0 saturated heterocycles. The predicted molar refractivity (Wildman–Crippen MR) is 64.8 cm³/mol. The summed E-state index contributed by atoms with van der Waals surface area (Å²) < 4.78 is 15.0. The second kappa shape index (κ2) is 5.12. The summed E-state index contributed by atoms with van der Waals surface area (Å²) in [6.45, 7) is -0.00296. The summed E-state index contributed by atoms with van der Waals surface area (Å²) in [6, 6.07) is 2.50. The first-order valence-corrected chi connectivity index (χ1v) is 5.96. The van der Waals surface area contributed by atoms with E-state index >= 15 is 0 Å². The Kier molecular flexibility index (Phi) is 3.76. The standard InChI is InChI=1S/C10H8BrClFN3O/c11-8-3-6(13)4-9(12)10(8)16-5-7(1-2-17)14-15-16/h3-5,17H,1-2H2. The van der Waals surface area contributed by atoms with Crippen molar-refractivity contribution in [3.63, 3.8) is 0 Å². The third-order valence-corrected chi connectivity index (χ3v) is 3.01. The van der Waals surface area contributed by atoms with E-state index in [1.807, 2.05) is 0 Å². The number of rotatable bonds is 3. The number of benzene rings is 1. The number of halogens is 3. The van der Waals surface area contributed by atoms with E-state index in [-0.39, 0.29) is 11.6 Å². The fraction of sp³-hybridized carbons (Fsp3) is 0.200. The van der Waals surface area contributed by atoms with Crippen molar-refractivity contribution in [2.45, 2.75) is 6.42 Å². The summed E-state index contributed by atoms with van der Waals surface area (Å²) in [5.41, 5.74) is 1.16. The summed E-state index contributed by atoms with van der Waals surface area (Å²) in [7, 11) is 0. The molecule has 0 saturated carbocycles. The van der Waals surface area contributed by atoms with E-state index in [1.54, 1.807) is 6.20 Å². The Morgan fingerprint density at radius 1 is 1.47 bits per heavy atom. The zero-order valence-electron chi connectivity index (χ0n) is 8.57. The van der Waals surface area contributed by atoms with Gasteiger partial charge < -0.3 is 5.11 Å². The topological polar surface area (TPSA) is 50.9 Å². The van der Waals surface area contributed by atoms with Gasteiger partial charge in [-0.1, -0.05) is 16.8 Å². The third kappa shape index (κ3) is 2.65. The van der Waals surface area contributed by atoms with Crippen molar-refractivity contribution in [3.8, 4) is 5.69 Å². The van der Waals surface area contributed by atoms with Gasteiger partial charge in [-0.2, -0.15) is 0 Å². The first kappa shape index (κ1) is 12.5. The maximum Gasteiger partial charge on any atom is 0.125 e. The van der Waals surface area contributed by atoms with Gasteiger partial charge in [0.2, 0.25) is 0 Å². The van der Waals surface area contributed by atoms with Gasteiger partial charge in [-0.15, -0.1) is 5.10 Å². The van der Waals surface area contributed by atoms with Crippen LogP contribution in [0.15, 0.2) is 22.8 Å². The molecule has 4 nitrogen and oxygen atoms in total. The zero-order chi connectivity index (χ0) is 12.4. The molecule has 1 aromatic carbocycles. The number of hydrogen-bond acceptors (Lipinski definition) is 3. The first-order valence-electron chi connectivity index (χ1n) is 4.79. The molecule has 2 rings (SSSR count). The van der Waals surface area contributed by atoms with Gasteiger partial charge in [-0.05, 0) is 28.1 Å². The van der Waals surface area contributed by atoms with Crippen molar-refractivity contribution >= 4 is 27.5 Å². The van der Waals surface area contributed by atoms with Gasteiger partial charge in [-0.3, -0.25) is 0 Å². The summed E-state index contributed by atoms with van der Waals surface area (Å²) >= 11 is 9.17. The number of aromatic nitrogens is 3. The highest BCUT2D eigenvalue weighted by atomic mass is 79.9. The Labute approximate surface area is 110 Å². The molecule has 0 spiro atoms. The molecular formula is C10H8BrClFN3O. The summed E-state index contributed by atoms with van der Waals surface area (Å²) in [6.07, 6.45) is 2.05. The van der Waals surface area contributed by atoms with Crippen LogP contribution in [0.2, 0.25) is 5.02 Å². The lowest BCUT2D eigenvalue weighted by molar-refractivity contribution is 0.298. The molecule has 1 aromatic heterocycles. The maximum atomic E-state index is 13.1. The molecule has 1 heterocycles. The SMILES string of the molecule is OCCc1cn(-c2c(Cl)cc(F)cc2Br)nn1. The molecule has 7 heteroatoms. The summed E-state index contributed by atoms with van der Waals surface area (Å²) in [5.74, 6) is -0.429. The van der Waals surface area contributed by atoms with E-state index in [2.05, 4.69) is 26.2 Å². The summed E-state index contributed by atoms with van der Waals surface area (Å²) in [4.78, 5) is 0. The van der Waals surface area contributed by atoms with E-state index in [9.17, 15) is 4.39 Å². The smallest absolute Gasteiger partial charge is 0.125 e. The average molecular weight is 321 g/mol. The van der Waals surface area contributed by atoms with Gasteiger partial charge in [-0.25, -0.2) is 9.07 Å². The van der Waals surface area contributed by atoms with Crippen LogP contribution < -0.4 is 0 Å². The minimum Gasteiger partial charge on any atom is -0.396 e. The van der Waals surface area contributed by atoms with Gasteiger partial charge in [0, 0.05) is 17.5 Å². The van der Waals surface area contributed by atoms with Crippen LogP contribution in [0.1, 0.15) is 5.69 Å². The van der Waals surface area contributed by atoms with E-state index in [4.69, 9.17) is 16.7 Å². The van der Waals surface area contributed by atoms with Crippen molar-refractivity contribution < 1.29 is 9.50 Å². The lowest BCUT2D eigenvalue weighted by Gasteiger charge is -2.06. The minimum absolute atomic E-state index is 0.00296. The number of hydrogen-bond donors (Lipinski definition) is 1. The van der Waals surface area contributed by atoms with Gasteiger partial charge in [0.25, 0.3) is 0 Å². The van der Waals surface area contributed by atoms with E-state index < -0.39 is 5.82 Å². The van der Waals surface area contributed by atoms with Crippen LogP contribution in [0, 0.1) is 5.82 Å². The molecule has 17 heavy (non-hydrogen) atoms. The normalized spacial score (nSPS) is 10.8. The molecule has 0 bridgehead atoms. The monoisotopic (exact) mass is 319 g/mol. The van der Waals surface area contributed by atoms with Crippen molar-refractivity contribution in [2.24, 2.45) is 0 Å². The molecular weight excluding hydrogens is 312 g/mol. The molecule has 0 radical (unpaired) electrons. The molecule has 90 valence electrons. The fourth-order valence-corrected chi connectivity index (χ4v) is 2.41. The quantitative estimate of drug-likeness (QED) is 0.944. The van der Waals surface area contributed by atoms with Crippen LogP contribution in [-0.2, 0) is 6.42 Å². The molecule has 0 amide bonds. The molecule has 0 aliphatic carbocycles. The Morgan fingerprint density at radius 2 is 2.24 bits per heavy atom. The van der Waals surface area contributed by atoms with Gasteiger partial charge in [0.1, 0.15) is 5.82 Å².